The molecule has 8 rings (SSSR count). The number of rotatable bonds is 1. The normalized spacial score (nSPS) is 12.1. The number of aromatic nitrogens is 1. The van der Waals surface area contributed by atoms with Crippen molar-refractivity contribution in [1.29, 1.82) is 0 Å². The van der Waals surface area contributed by atoms with Crippen LogP contribution in [0.2, 0.25) is 5.02 Å². The van der Waals surface area contributed by atoms with Gasteiger partial charge >= 0.3 is 0 Å². The molecule has 0 unspecified atom stereocenters. The molecule has 0 radical (unpaired) electrons. The molecule has 0 N–H and O–H groups in total. The zero-order valence-corrected chi connectivity index (χ0v) is 20.2. The van der Waals surface area contributed by atoms with E-state index in [0.29, 0.717) is 0 Å². The Morgan fingerprint density at radius 1 is 0.514 bits per heavy atom. The van der Waals surface area contributed by atoms with E-state index in [0.717, 1.165) is 5.02 Å². The van der Waals surface area contributed by atoms with Crippen LogP contribution < -0.4 is 0 Å². The third-order valence-corrected chi connectivity index (χ3v) is 8.59. The Kier molecular flexibility index (Phi) is 3.94. The van der Waals surface area contributed by atoms with Crippen LogP contribution in [0, 0.1) is 0 Å². The second kappa shape index (κ2) is 7.08. The summed E-state index contributed by atoms with van der Waals surface area (Å²) in [6.45, 7) is 0. The third-order valence-electron chi connectivity index (χ3n) is 7.22. The van der Waals surface area contributed by atoms with Gasteiger partial charge in [0, 0.05) is 47.0 Å². The molecule has 0 amide bonds. The van der Waals surface area contributed by atoms with Crippen molar-refractivity contribution in [2.45, 2.75) is 0 Å². The molecule has 2 heterocycles. The molecule has 0 aliphatic heterocycles. The first-order chi connectivity index (χ1) is 17.3. The quantitative estimate of drug-likeness (QED) is 0.205. The van der Waals surface area contributed by atoms with E-state index in [4.69, 9.17) is 11.6 Å². The highest BCUT2D eigenvalue weighted by molar-refractivity contribution is 7.25. The molecule has 1 nitrogen and oxygen atoms in total. The van der Waals surface area contributed by atoms with E-state index < -0.39 is 0 Å². The van der Waals surface area contributed by atoms with Gasteiger partial charge in [-0.05, 0) is 52.6 Å². The fraction of sp³-hybridized carbons (Fsp3) is 0. The van der Waals surface area contributed by atoms with Crippen LogP contribution in [0.3, 0.4) is 0 Å². The van der Waals surface area contributed by atoms with E-state index in [1.54, 1.807) is 11.3 Å². The maximum atomic E-state index is 6.30. The van der Waals surface area contributed by atoms with Gasteiger partial charge in [-0.3, -0.25) is 0 Å². The number of hydrogen-bond donors (Lipinski definition) is 0. The van der Waals surface area contributed by atoms with Crippen LogP contribution in [0.1, 0.15) is 0 Å². The van der Waals surface area contributed by atoms with Crippen molar-refractivity contribution in [3.63, 3.8) is 0 Å². The summed E-state index contributed by atoms with van der Waals surface area (Å²) in [4.78, 5) is 0. The summed E-state index contributed by atoms with van der Waals surface area (Å²) in [5, 5.41) is 11.1. The van der Waals surface area contributed by atoms with E-state index in [-0.39, 0.29) is 0 Å². The zero-order chi connectivity index (χ0) is 23.1. The van der Waals surface area contributed by atoms with Crippen molar-refractivity contribution in [3.8, 4) is 5.69 Å². The number of halogens is 1. The minimum absolute atomic E-state index is 0.782. The Morgan fingerprint density at radius 3 is 2.03 bits per heavy atom. The smallest absolute Gasteiger partial charge is 0.0625 e. The highest BCUT2D eigenvalue weighted by Crippen LogP contribution is 2.43. The van der Waals surface area contributed by atoms with Gasteiger partial charge in [0.25, 0.3) is 0 Å². The SMILES string of the molecule is Clc1ccc2c(c1)sc1ccc(-n3c4ccccc4c4c5ccccc5c5ccccc5c43)cc12. The van der Waals surface area contributed by atoms with Crippen LogP contribution in [0.5, 0.6) is 0 Å². The van der Waals surface area contributed by atoms with E-state index in [1.165, 1.54) is 69.2 Å². The first kappa shape index (κ1) is 19.5. The fourth-order valence-electron chi connectivity index (χ4n) is 5.77. The summed E-state index contributed by atoms with van der Waals surface area (Å²) in [6.07, 6.45) is 0. The summed E-state index contributed by atoms with van der Waals surface area (Å²) < 4.78 is 4.96. The largest absolute Gasteiger partial charge is 0.309 e. The van der Waals surface area contributed by atoms with Crippen molar-refractivity contribution < 1.29 is 0 Å². The van der Waals surface area contributed by atoms with Crippen molar-refractivity contribution >= 4 is 86.5 Å². The first-order valence-electron chi connectivity index (χ1n) is 11.7. The predicted molar refractivity (Wildman–Crippen MR) is 154 cm³/mol. The lowest BCUT2D eigenvalue weighted by Crippen LogP contribution is -1.94. The molecule has 0 spiro atoms. The van der Waals surface area contributed by atoms with Crippen LogP contribution in [0.25, 0.3) is 69.2 Å². The number of hydrogen-bond acceptors (Lipinski definition) is 1. The van der Waals surface area contributed by atoms with Gasteiger partial charge in [-0.15, -0.1) is 11.3 Å². The van der Waals surface area contributed by atoms with E-state index in [9.17, 15) is 0 Å². The summed E-state index contributed by atoms with van der Waals surface area (Å²) >= 11 is 8.09. The maximum absolute atomic E-state index is 6.30. The lowest BCUT2D eigenvalue weighted by molar-refractivity contribution is 1.19. The molecule has 0 aliphatic rings. The second-order valence-corrected chi connectivity index (χ2v) is 10.6. The van der Waals surface area contributed by atoms with Gasteiger partial charge in [0.1, 0.15) is 0 Å². The first-order valence-corrected chi connectivity index (χ1v) is 12.9. The van der Waals surface area contributed by atoms with Gasteiger partial charge in [0.05, 0.1) is 11.0 Å². The van der Waals surface area contributed by atoms with Crippen LogP contribution in [0.4, 0.5) is 0 Å². The van der Waals surface area contributed by atoms with Crippen LogP contribution >= 0.6 is 22.9 Å². The molecule has 0 aliphatic carbocycles. The molecular weight excluding hydrogens is 466 g/mol. The Balaban J connectivity index is 1.60. The third kappa shape index (κ3) is 2.64. The monoisotopic (exact) mass is 483 g/mol. The Labute approximate surface area is 210 Å². The van der Waals surface area contributed by atoms with Crippen LogP contribution in [-0.2, 0) is 0 Å². The van der Waals surface area contributed by atoms with Gasteiger partial charge in [-0.1, -0.05) is 84.4 Å². The van der Waals surface area contributed by atoms with Gasteiger partial charge in [0.2, 0.25) is 0 Å². The van der Waals surface area contributed by atoms with E-state index in [1.807, 2.05) is 6.07 Å². The summed E-state index contributed by atoms with van der Waals surface area (Å²) in [5.74, 6) is 0. The van der Waals surface area contributed by atoms with Crippen molar-refractivity contribution in [1.82, 2.24) is 4.57 Å². The van der Waals surface area contributed by atoms with Crippen molar-refractivity contribution in [2.24, 2.45) is 0 Å². The van der Waals surface area contributed by atoms with Crippen molar-refractivity contribution in [3.05, 3.63) is 114 Å². The topological polar surface area (TPSA) is 4.93 Å². The molecule has 2 aromatic heterocycles. The van der Waals surface area contributed by atoms with Gasteiger partial charge in [-0.25, -0.2) is 0 Å². The standard InChI is InChI=1S/C32H18ClNS/c33-19-13-15-23-27-18-20(14-16-29(27)35-30(23)17-19)34-28-12-6-5-11-26(28)31-24-9-3-1-7-21(24)22-8-2-4-10-25(22)32(31)34/h1-18H. The summed E-state index contributed by atoms with van der Waals surface area (Å²) in [6, 6.07) is 39.5. The minimum atomic E-state index is 0.782. The second-order valence-electron chi connectivity index (χ2n) is 9.09. The number of para-hydroxylation sites is 1. The molecule has 164 valence electrons. The molecule has 0 saturated heterocycles. The fourth-order valence-corrected chi connectivity index (χ4v) is 7.14. The molecule has 3 heteroatoms. The average molecular weight is 484 g/mol. The molecule has 0 atom stereocenters. The minimum Gasteiger partial charge on any atom is -0.309 e. The van der Waals surface area contributed by atoms with Gasteiger partial charge in [-0.2, -0.15) is 0 Å². The Morgan fingerprint density at radius 2 is 1.20 bits per heavy atom. The average Bonchev–Trinajstić information content (AvgIpc) is 3.44. The molecular formula is C32H18ClNS. The summed E-state index contributed by atoms with van der Waals surface area (Å²) in [7, 11) is 0. The Hall–Kier alpha value is -3.85. The maximum Gasteiger partial charge on any atom is 0.0625 e. The molecule has 0 saturated carbocycles. The van der Waals surface area contributed by atoms with Crippen LogP contribution in [0.15, 0.2) is 109 Å². The molecule has 35 heavy (non-hydrogen) atoms. The number of fused-ring (bicyclic) bond motifs is 11. The lowest BCUT2D eigenvalue weighted by atomic mass is 9.97. The zero-order valence-electron chi connectivity index (χ0n) is 18.6. The van der Waals surface area contributed by atoms with Crippen molar-refractivity contribution in [2.75, 3.05) is 0 Å². The van der Waals surface area contributed by atoms with Gasteiger partial charge in [0.15, 0.2) is 0 Å². The summed E-state index contributed by atoms with van der Waals surface area (Å²) in [5.41, 5.74) is 3.67. The van der Waals surface area contributed by atoms with E-state index in [2.05, 4.69) is 108 Å². The molecule has 8 aromatic rings. The predicted octanol–water partition coefficient (Wildman–Crippen LogP) is 10.1. The molecule has 6 aromatic carbocycles. The Bertz CT molecular complexity index is 2130. The number of nitrogens with zero attached hydrogens (tertiary/aromatic N) is 1. The highest BCUT2D eigenvalue weighted by atomic mass is 35.5. The number of thiophene rings is 1. The molecule has 0 fully saturated rings. The van der Waals surface area contributed by atoms with E-state index >= 15 is 0 Å². The lowest BCUT2D eigenvalue weighted by Gasteiger charge is -2.12. The molecule has 0 bridgehead atoms. The van der Waals surface area contributed by atoms with Crippen LogP contribution in [-0.4, -0.2) is 4.57 Å². The number of benzene rings is 6. The highest BCUT2D eigenvalue weighted by Gasteiger charge is 2.19. The van der Waals surface area contributed by atoms with Gasteiger partial charge < -0.3 is 4.57 Å².